The summed E-state index contributed by atoms with van der Waals surface area (Å²) < 4.78 is 10.5. The van der Waals surface area contributed by atoms with E-state index in [4.69, 9.17) is 9.15 Å². The normalized spacial score (nSPS) is 15.2. The van der Waals surface area contributed by atoms with E-state index in [0.29, 0.717) is 12.4 Å². The summed E-state index contributed by atoms with van der Waals surface area (Å²) in [5, 5.41) is 9.98. The molecule has 86 valence electrons. The predicted octanol–water partition coefficient (Wildman–Crippen LogP) is 2.55. The van der Waals surface area contributed by atoms with Crippen molar-refractivity contribution < 1.29 is 14.3 Å². The second-order valence-electron chi connectivity index (χ2n) is 3.86. The summed E-state index contributed by atoms with van der Waals surface area (Å²) in [6.07, 6.45) is 1.17. The van der Waals surface area contributed by atoms with Gasteiger partial charge in [-0.1, -0.05) is 13.8 Å². The largest absolute Gasteiger partial charge is 0.463 e. The Morgan fingerprint density at radius 1 is 1.47 bits per heavy atom. The minimum absolute atomic E-state index is 0.154. The first-order valence-corrected chi connectivity index (χ1v) is 5.44. The van der Waals surface area contributed by atoms with Gasteiger partial charge in [-0.2, -0.15) is 0 Å². The summed E-state index contributed by atoms with van der Waals surface area (Å²) in [5.74, 6) is 1.74. The van der Waals surface area contributed by atoms with Gasteiger partial charge in [-0.15, -0.1) is 0 Å². The number of aryl methyl sites for hydroxylation is 1. The lowest BCUT2D eigenvalue weighted by molar-refractivity contribution is 0.0706. The van der Waals surface area contributed by atoms with E-state index in [1.807, 2.05) is 26.0 Å². The van der Waals surface area contributed by atoms with Gasteiger partial charge in [0.1, 0.15) is 17.6 Å². The van der Waals surface area contributed by atoms with Crippen molar-refractivity contribution in [1.29, 1.82) is 0 Å². The second-order valence-corrected chi connectivity index (χ2v) is 3.86. The number of aliphatic hydroxyl groups excluding tert-OH is 1. The lowest BCUT2D eigenvalue weighted by atomic mass is 9.99. The average molecular weight is 212 g/mol. The minimum atomic E-state index is -0.527. The highest BCUT2D eigenvalue weighted by Gasteiger charge is 2.19. The Labute approximate surface area is 91.1 Å². The quantitative estimate of drug-likeness (QED) is 0.788. The Kier molecular flexibility index (Phi) is 4.85. The predicted molar refractivity (Wildman–Crippen MR) is 58.7 cm³/mol. The molecule has 3 nitrogen and oxygen atoms in total. The van der Waals surface area contributed by atoms with Crippen molar-refractivity contribution in [2.45, 2.75) is 32.8 Å². The molecule has 1 N–H and O–H groups in total. The zero-order valence-corrected chi connectivity index (χ0v) is 9.69. The molecule has 0 amide bonds. The highest BCUT2D eigenvalue weighted by molar-refractivity contribution is 5.09. The second kappa shape index (κ2) is 5.93. The summed E-state index contributed by atoms with van der Waals surface area (Å²) in [7, 11) is 1.67. The highest BCUT2D eigenvalue weighted by Crippen LogP contribution is 2.26. The van der Waals surface area contributed by atoms with Crippen LogP contribution in [0.4, 0.5) is 0 Å². The van der Waals surface area contributed by atoms with Crippen LogP contribution in [0, 0.1) is 5.92 Å². The number of hydrogen-bond acceptors (Lipinski definition) is 3. The van der Waals surface area contributed by atoms with Gasteiger partial charge < -0.3 is 14.3 Å². The van der Waals surface area contributed by atoms with Crippen molar-refractivity contribution in [2.24, 2.45) is 5.92 Å². The van der Waals surface area contributed by atoms with Crippen molar-refractivity contribution in [1.82, 2.24) is 0 Å². The number of furan rings is 1. The molecule has 1 aromatic rings. The molecule has 0 aromatic carbocycles. The fourth-order valence-electron chi connectivity index (χ4n) is 1.49. The first-order chi connectivity index (χ1) is 7.19. The summed E-state index contributed by atoms with van der Waals surface area (Å²) >= 11 is 0. The van der Waals surface area contributed by atoms with Gasteiger partial charge >= 0.3 is 0 Å². The third kappa shape index (κ3) is 3.36. The van der Waals surface area contributed by atoms with Crippen LogP contribution in [0.3, 0.4) is 0 Å². The van der Waals surface area contributed by atoms with Gasteiger partial charge in [0.2, 0.25) is 0 Å². The lowest BCUT2D eigenvalue weighted by Crippen LogP contribution is -2.10. The van der Waals surface area contributed by atoms with Crippen molar-refractivity contribution in [2.75, 3.05) is 13.7 Å². The fourth-order valence-corrected chi connectivity index (χ4v) is 1.49. The summed E-state index contributed by atoms with van der Waals surface area (Å²) in [5.41, 5.74) is 0. The van der Waals surface area contributed by atoms with Crippen molar-refractivity contribution in [3.63, 3.8) is 0 Å². The first kappa shape index (κ1) is 12.3. The number of hydrogen-bond donors (Lipinski definition) is 1. The number of methoxy groups -OCH3 is 1. The Balaban J connectivity index is 2.54. The summed E-state index contributed by atoms with van der Waals surface area (Å²) in [6.45, 7) is 4.70. The van der Waals surface area contributed by atoms with Crippen LogP contribution in [0.1, 0.15) is 37.9 Å². The summed E-state index contributed by atoms with van der Waals surface area (Å²) in [4.78, 5) is 0. The van der Waals surface area contributed by atoms with Crippen molar-refractivity contribution in [3.05, 3.63) is 23.7 Å². The molecule has 1 rings (SSSR count). The monoisotopic (exact) mass is 212 g/mol. The van der Waals surface area contributed by atoms with E-state index in [-0.39, 0.29) is 5.92 Å². The lowest BCUT2D eigenvalue weighted by Gasteiger charge is -2.16. The molecule has 2 atom stereocenters. The zero-order chi connectivity index (χ0) is 11.3. The molecule has 0 aliphatic rings. The van der Waals surface area contributed by atoms with Gasteiger partial charge in [-0.25, -0.2) is 0 Å². The highest BCUT2D eigenvalue weighted by atomic mass is 16.5. The smallest absolute Gasteiger partial charge is 0.132 e. The van der Waals surface area contributed by atoms with Gasteiger partial charge in [-0.3, -0.25) is 0 Å². The van der Waals surface area contributed by atoms with Crippen molar-refractivity contribution in [3.8, 4) is 0 Å². The molecule has 2 unspecified atom stereocenters. The number of ether oxygens (including phenoxy) is 1. The number of rotatable bonds is 6. The molecule has 0 aliphatic heterocycles. The molecular formula is C12H20O3. The van der Waals surface area contributed by atoms with Gasteiger partial charge in [-0.05, 0) is 24.5 Å². The molecule has 1 heterocycles. The van der Waals surface area contributed by atoms with Crippen LogP contribution in [0.25, 0.3) is 0 Å². The molecule has 0 spiro atoms. The molecule has 0 fully saturated rings. The van der Waals surface area contributed by atoms with E-state index in [2.05, 4.69) is 0 Å². The first-order valence-electron chi connectivity index (χ1n) is 5.44. The topological polar surface area (TPSA) is 42.6 Å². The molecular weight excluding hydrogens is 192 g/mol. The van der Waals surface area contributed by atoms with Crippen molar-refractivity contribution >= 4 is 0 Å². The maximum Gasteiger partial charge on any atom is 0.132 e. The van der Waals surface area contributed by atoms with E-state index < -0.39 is 6.10 Å². The van der Waals surface area contributed by atoms with Gasteiger partial charge in [0.15, 0.2) is 0 Å². The van der Waals surface area contributed by atoms with Gasteiger partial charge in [0.05, 0.1) is 0 Å². The van der Waals surface area contributed by atoms with Crippen LogP contribution >= 0.6 is 0 Å². The van der Waals surface area contributed by atoms with Gasteiger partial charge in [0.25, 0.3) is 0 Å². The Hall–Kier alpha value is -0.800. The Bertz CT molecular complexity index is 280. The molecule has 0 bridgehead atoms. The van der Waals surface area contributed by atoms with Crippen LogP contribution in [0.15, 0.2) is 16.5 Å². The van der Waals surface area contributed by atoms with Crippen LogP contribution < -0.4 is 0 Å². The standard InChI is InChI=1S/C12H20O3/c1-4-10-5-6-11(15-10)12(13)9(2)7-8-14-3/h5-6,9,12-13H,4,7-8H2,1-3H3. The maximum atomic E-state index is 9.98. The maximum absolute atomic E-state index is 9.98. The van der Waals surface area contributed by atoms with Crippen LogP contribution in [-0.4, -0.2) is 18.8 Å². The van der Waals surface area contributed by atoms with E-state index in [1.54, 1.807) is 7.11 Å². The molecule has 0 saturated carbocycles. The Morgan fingerprint density at radius 3 is 2.73 bits per heavy atom. The number of aliphatic hydroxyl groups is 1. The van der Waals surface area contributed by atoms with E-state index in [9.17, 15) is 5.11 Å². The van der Waals surface area contributed by atoms with E-state index in [0.717, 1.165) is 18.6 Å². The van der Waals surface area contributed by atoms with E-state index >= 15 is 0 Å². The van der Waals surface area contributed by atoms with Crippen LogP contribution in [0.5, 0.6) is 0 Å². The third-order valence-electron chi connectivity index (χ3n) is 2.64. The SMILES string of the molecule is CCc1ccc(C(O)C(C)CCOC)o1. The zero-order valence-electron chi connectivity index (χ0n) is 9.69. The fraction of sp³-hybridized carbons (Fsp3) is 0.667. The molecule has 15 heavy (non-hydrogen) atoms. The average Bonchev–Trinajstić information content (AvgIpc) is 2.73. The Morgan fingerprint density at radius 2 is 2.20 bits per heavy atom. The minimum Gasteiger partial charge on any atom is -0.463 e. The van der Waals surface area contributed by atoms with Crippen LogP contribution in [0.2, 0.25) is 0 Å². The summed E-state index contributed by atoms with van der Waals surface area (Å²) in [6, 6.07) is 3.77. The molecule has 1 aromatic heterocycles. The molecule has 0 aliphatic carbocycles. The van der Waals surface area contributed by atoms with Crippen LogP contribution in [-0.2, 0) is 11.2 Å². The third-order valence-corrected chi connectivity index (χ3v) is 2.64. The molecule has 0 radical (unpaired) electrons. The van der Waals surface area contributed by atoms with E-state index in [1.165, 1.54) is 0 Å². The van der Waals surface area contributed by atoms with Gasteiger partial charge in [0, 0.05) is 20.1 Å². The molecule has 3 heteroatoms. The molecule has 0 saturated heterocycles.